The van der Waals surface area contributed by atoms with Crippen molar-refractivity contribution in [3.8, 4) is 0 Å². The van der Waals surface area contributed by atoms with E-state index >= 15 is 0 Å². The Morgan fingerprint density at radius 2 is 2.00 bits per heavy atom. The Balaban J connectivity index is 1.86. The van der Waals surface area contributed by atoms with E-state index < -0.39 is 11.9 Å². The smallest absolute Gasteiger partial charge is 0.435 e. The first-order chi connectivity index (χ1) is 8.08. The molecule has 0 amide bonds. The SMILES string of the molecule is CCOC(=O)OC1(O)CCC2(CCCO2)CC1. The zero-order valence-electron chi connectivity index (χ0n) is 10.2. The molecule has 0 aromatic heterocycles. The van der Waals surface area contributed by atoms with Crippen molar-refractivity contribution in [3.05, 3.63) is 0 Å². The van der Waals surface area contributed by atoms with Gasteiger partial charge in [-0.05, 0) is 32.6 Å². The molecule has 2 fully saturated rings. The Kier molecular flexibility index (Phi) is 3.58. The molecule has 2 aliphatic rings. The maximum Gasteiger partial charge on any atom is 0.510 e. The maximum atomic E-state index is 11.2. The van der Waals surface area contributed by atoms with Gasteiger partial charge in [-0.1, -0.05) is 0 Å². The van der Waals surface area contributed by atoms with Gasteiger partial charge in [0.2, 0.25) is 5.79 Å². The van der Waals surface area contributed by atoms with Crippen LogP contribution in [-0.4, -0.2) is 35.9 Å². The molecule has 0 aromatic carbocycles. The van der Waals surface area contributed by atoms with Gasteiger partial charge in [0, 0.05) is 19.4 Å². The highest BCUT2D eigenvalue weighted by atomic mass is 16.8. The molecular weight excluding hydrogens is 224 g/mol. The molecule has 1 aliphatic heterocycles. The average molecular weight is 244 g/mol. The number of carbonyl (C=O) groups is 1. The molecule has 2 rings (SSSR count). The van der Waals surface area contributed by atoms with Crippen LogP contribution in [0.15, 0.2) is 0 Å². The van der Waals surface area contributed by atoms with Crippen molar-refractivity contribution in [2.24, 2.45) is 0 Å². The quantitative estimate of drug-likeness (QED) is 0.594. The lowest BCUT2D eigenvalue weighted by Crippen LogP contribution is -2.45. The van der Waals surface area contributed by atoms with E-state index in [4.69, 9.17) is 9.47 Å². The zero-order chi connectivity index (χ0) is 12.4. The van der Waals surface area contributed by atoms with Gasteiger partial charge in [0.1, 0.15) is 0 Å². The maximum absolute atomic E-state index is 11.2. The molecule has 1 spiro atoms. The van der Waals surface area contributed by atoms with Crippen molar-refractivity contribution in [3.63, 3.8) is 0 Å². The third-order valence-electron chi connectivity index (χ3n) is 3.66. The van der Waals surface area contributed by atoms with E-state index in [2.05, 4.69) is 4.74 Å². The van der Waals surface area contributed by atoms with E-state index in [-0.39, 0.29) is 12.2 Å². The number of ether oxygens (including phenoxy) is 3. The number of rotatable bonds is 2. The van der Waals surface area contributed by atoms with Crippen LogP contribution >= 0.6 is 0 Å². The fraction of sp³-hybridized carbons (Fsp3) is 0.917. The van der Waals surface area contributed by atoms with Crippen molar-refractivity contribution in [1.82, 2.24) is 0 Å². The predicted octanol–water partition coefficient (Wildman–Crippen LogP) is 1.97. The van der Waals surface area contributed by atoms with E-state index in [1.807, 2.05) is 0 Å². The van der Waals surface area contributed by atoms with E-state index in [0.29, 0.717) is 12.8 Å². The summed E-state index contributed by atoms with van der Waals surface area (Å²) in [5.74, 6) is -1.37. The van der Waals surface area contributed by atoms with Crippen LogP contribution in [-0.2, 0) is 14.2 Å². The molecule has 5 nitrogen and oxygen atoms in total. The summed E-state index contributed by atoms with van der Waals surface area (Å²) in [6.45, 7) is 2.76. The molecule has 5 heteroatoms. The minimum atomic E-state index is -1.37. The lowest BCUT2D eigenvalue weighted by molar-refractivity contribution is -0.216. The molecule has 0 bridgehead atoms. The molecular formula is C12H20O5. The van der Waals surface area contributed by atoms with Gasteiger partial charge in [0.05, 0.1) is 12.2 Å². The highest BCUT2D eigenvalue weighted by molar-refractivity contribution is 5.60. The number of aliphatic hydroxyl groups is 1. The largest absolute Gasteiger partial charge is 0.510 e. The van der Waals surface area contributed by atoms with Crippen molar-refractivity contribution < 1.29 is 24.1 Å². The number of hydrogen-bond donors (Lipinski definition) is 1. The van der Waals surface area contributed by atoms with Gasteiger partial charge in [-0.15, -0.1) is 0 Å². The van der Waals surface area contributed by atoms with Crippen LogP contribution in [0.5, 0.6) is 0 Å². The first-order valence-electron chi connectivity index (χ1n) is 6.30. The van der Waals surface area contributed by atoms with Gasteiger partial charge in [0.15, 0.2) is 0 Å². The highest BCUT2D eigenvalue weighted by Crippen LogP contribution is 2.43. The minimum Gasteiger partial charge on any atom is -0.435 e. The molecule has 98 valence electrons. The molecule has 1 aliphatic carbocycles. The van der Waals surface area contributed by atoms with Crippen LogP contribution in [0.4, 0.5) is 4.79 Å². The Morgan fingerprint density at radius 1 is 1.29 bits per heavy atom. The van der Waals surface area contributed by atoms with Gasteiger partial charge in [-0.25, -0.2) is 4.79 Å². The third kappa shape index (κ3) is 2.90. The van der Waals surface area contributed by atoms with Gasteiger partial charge in [-0.2, -0.15) is 0 Å². The van der Waals surface area contributed by atoms with Crippen molar-refractivity contribution in [2.75, 3.05) is 13.2 Å². The van der Waals surface area contributed by atoms with Crippen molar-refractivity contribution >= 4 is 6.16 Å². The fourth-order valence-electron chi connectivity index (χ4n) is 2.65. The van der Waals surface area contributed by atoms with E-state index in [1.54, 1.807) is 6.92 Å². The molecule has 1 saturated heterocycles. The second-order valence-electron chi connectivity index (χ2n) is 4.87. The van der Waals surface area contributed by atoms with Crippen molar-refractivity contribution in [2.45, 2.75) is 56.8 Å². The molecule has 17 heavy (non-hydrogen) atoms. The van der Waals surface area contributed by atoms with Crippen LogP contribution in [0.1, 0.15) is 45.4 Å². The lowest BCUT2D eigenvalue weighted by atomic mass is 9.80. The summed E-state index contributed by atoms with van der Waals surface area (Å²) >= 11 is 0. The van der Waals surface area contributed by atoms with Crippen LogP contribution < -0.4 is 0 Å². The fourth-order valence-corrected chi connectivity index (χ4v) is 2.65. The molecule has 0 atom stereocenters. The summed E-state index contributed by atoms with van der Waals surface area (Å²) in [4.78, 5) is 11.2. The van der Waals surface area contributed by atoms with Gasteiger partial charge in [0.25, 0.3) is 0 Å². The molecule has 0 aromatic rings. The highest BCUT2D eigenvalue weighted by Gasteiger charge is 2.46. The Morgan fingerprint density at radius 3 is 2.53 bits per heavy atom. The molecule has 0 unspecified atom stereocenters. The van der Waals surface area contributed by atoms with Gasteiger partial charge >= 0.3 is 6.16 Å². The topological polar surface area (TPSA) is 65.0 Å². The number of carbonyl (C=O) groups excluding carboxylic acids is 1. The molecule has 0 radical (unpaired) electrons. The van der Waals surface area contributed by atoms with E-state index in [9.17, 15) is 9.90 Å². The second-order valence-corrected chi connectivity index (χ2v) is 4.87. The molecule has 1 heterocycles. The Bertz CT molecular complexity index is 273. The second kappa shape index (κ2) is 4.82. The first kappa shape index (κ1) is 12.6. The zero-order valence-corrected chi connectivity index (χ0v) is 10.2. The summed E-state index contributed by atoms with van der Waals surface area (Å²) in [6.07, 6.45) is 3.65. The van der Waals surface area contributed by atoms with E-state index in [1.165, 1.54) is 0 Å². The average Bonchev–Trinajstić information content (AvgIpc) is 2.73. The summed E-state index contributed by atoms with van der Waals surface area (Å²) in [5, 5.41) is 10.1. The standard InChI is InChI=1S/C12H20O5/c1-2-15-10(13)17-12(14)7-5-11(6-8-12)4-3-9-16-11/h14H,2-9H2,1H3. The Labute approximate surface area is 101 Å². The third-order valence-corrected chi connectivity index (χ3v) is 3.66. The van der Waals surface area contributed by atoms with Crippen LogP contribution in [0, 0.1) is 0 Å². The van der Waals surface area contributed by atoms with Gasteiger partial charge < -0.3 is 19.3 Å². The summed E-state index contributed by atoms with van der Waals surface area (Å²) in [7, 11) is 0. The molecule has 1 N–H and O–H groups in total. The summed E-state index contributed by atoms with van der Waals surface area (Å²) in [6, 6.07) is 0. The summed E-state index contributed by atoms with van der Waals surface area (Å²) < 4.78 is 15.4. The first-order valence-corrected chi connectivity index (χ1v) is 6.30. The Hall–Kier alpha value is -0.810. The minimum absolute atomic E-state index is 0.0791. The monoisotopic (exact) mass is 244 g/mol. The van der Waals surface area contributed by atoms with Crippen LogP contribution in [0.25, 0.3) is 0 Å². The van der Waals surface area contributed by atoms with Gasteiger partial charge in [-0.3, -0.25) is 0 Å². The van der Waals surface area contributed by atoms with E-state index in [0.717, 1.165) is 32.3 Å². The normalized spacial score (nSPS) is 37.1. The van der Waals surface area contributed by atoms with Crippen LogP contribution in [0.3, 0.4) is 0 Å². The predicted molar refractivity (Wildman–Crippen MR) is 59.4 cm³/mol. The van der Waals surface area contributed by atoms with Crippen LogP contribution in [0.2, 0.25) is 0 Å². The van der Waals surface area contributed by atoms with Crippen molar-refractivity contribution in [1.29, 1.82) is 0 Å². The molecule has 1 saturated carbocycles. The summed E-state index contributed by atoms with van der Waals surface area (Å²) in [5.41, 5.74) is -0.0791. The lowest BCUT2D eigenvalue weighted by Gasteiger charge is -2.40. The number of hydrogen-bond acceptors (Lipinski definition) is 5.